The average Bonchev–Trinajstić information content (AvgIpc) is 2.93. The Kier molecular flexibility index (Phi) is 7.45. The maximum absolute atomic E-state index is 2.80. The van der Waals surface area contributed by atoms with Crippen molar-refractivity contribution < 1.29 is 0 Å². The van der Waals surface area contributed by atoms with Crippen LogP contribution in [0.15, 0.2) is 0 Å². The molecule has 0 amide bonds. The number of likely N-dealkylation sites (tertiary alicyclic amines) is 1. The van der Waals surface area contributed by atoms with Crippen molar-refractivity contribution in [1.29, 1.82) is 0 Å². The lowest BCUT2D eigenvalue weighted by Gasteiger charge is -2.34. The molecule has 0 radical (unpaired) electrons. The minimum Gasteiger partial charge on any atom is -0.303 e. The summed E-state index contributed by atoms with van der Waals surface area (Å²) in [6.07, 6.45) is 13.2. The van der Waals surface area contributed by atoms with Gasteiger partial charge in [-0.05, 0) is 67.7 Å². The minimum absolute atomic E-state index is 0.523. The molecule has 0 bridgehead atoms. The number of hydrogen-bond acceptors (Lipinski definition) is 1. The highest BCUT2D eigenvalue weighted by atomic mass is 15.1. The van der Waals surface area contributed by atoms with Crippen LogP contribution in [0, 0.1) is 29.1 Å². The van der Waals surface area contributed by atoms with E-state index in [1.165, 1.54) is 77.4 Å². The summed E-state index contributed by atoms with van der Waals surface area (Å²) in [5.41, 5.74) is 0.523. The molecule has 1 nitrogen and oxygen atoms in total. The summed E-state index contributed by atoms with van der Waals surface area (Å²) >= 11 is 0. The Balaban J connectivity index is 1.62. The molecule has 1 heterocycles. The van der Waals surface area contributed by atoms with Crippen molar-refractivity contribution in [2.45, 2.75) is 92.4 Å². The second-order valence-electron chi connectivity index (χ2n) is 10.2. The molecule has 0 aromatic carbocycles. The molecule has 1 aliphatic heterocycles. The monoisotopic (exact) mass is 321 g/mol. The third-order valence-electron chi connectivity index (χ3n) is 6.52. The Morgan fingerprint density at radius 1 is 0.957 bits per heavy atom. The molecule has 2 fully saturated rings. The molecule has 23 heavy (non-hydrogen) atoms. The van der Waals surface area contributed by atoms with Gasteiger partial charge >= 0.3 is 0 Å². The lowest BCUT2D eigenvalue weighted by molar-refractivity contribution is 0.169. The van der Waals surface area contributed by atoms with Crippen LogP contribution in [-0.4, -0.2) is 24.5 Å². The van der Waals surface area contributed by atoms with Crippen molar-refractivity contribution in [1.82, 2.24) is 4.90 Å². The van der Waals surface area contributed by atoms with Gasteiger partial charge in [0.2, 0.25) is 0 Å². The topological polar surface area (TPSA) is 3.24 Å². The molecular weight excluding hydrogens is 278 g/mol. The summed E-state index contributed by atoms with van der Waals surface area (Å²) in [6, 6.07) is 0. The van der Waals surface area contributed by atoms with Crippen molar-refractivity contribution in [3.63, 3.8) is 0 Å². The molecular formula is C22H43N. The smallest absolute Gasteiger partial charge is 0.00103 e. The highest BCUT2D eigenvalue weighted by molar-refractivity contribution is 4.82. The summed E-state index contributed by atoms with van der Waals surface area (Å²) in [5, 5.41) is 0. The van der Waals surface area contributed by atoms with Gasteiger partial charge in [0.05, 0.1) is 0 Å². The molecule has 1 saturated carbocycles. The van der Waals surface area contributed by atoms with Crippen LogP contribution in [0.3, 0.4) is 0 Å². The first kappa shape index (κ1) is 19.3. The van der Waals surface area contributed by atoms with Gasteiger partial charge in [-0.3, -0.25) is 0 Å². The third-order valence-corrected chi connectivity index (χ3v) is 6.52. The third kappa shape index (κ3) is 7.16. The summed E-state index contributed by atoms with van der Waals surface area (Å²) in [7, 11) is 0. The predicted octanol–water partition coefficient (Wildman–Crippen LogP) is 6.38. The quantitative estimate of drug-likeness (QED) is 0.526. The van der Waals surface area contributed by atoms with E-state index < -0.39 is 0 Å². The number of nitrogens with zero attached hydrogens (tertiary/aromatic N) is 1. The van der Waals surface area contributed by atoms with E-state index in [9.17, 15) is 0 Å². The van der Waals surface area contributed by atoms with E-state index in [0.717, 1.165) is 23.7 Å². The first-order valence-corrected chi connectivity index (χ1v) is 10.6. The van der Waals surface area contributed by atoms with Crippen molar-refractivity contribution in [2.75, 3.05) is 19.6 Å². The van der Waals surface area contributed by atoms with E-state index in [1.807, 2.05) is 0 Å². The van der Waals surface area contributed by atoms with Gasteiger partial charge in [-0.15, -0.1) is 0 Å². The van der Waals surface area contributed by atoms with Gasteiger partial charge in [-0.1, -0.05) is 60.3 Å². The molecule has 2 atom stereocenters. The van der Waals surface area contributed by atoms with Gasteiger partial charge in [-0.25, -0.2) is 0 Å². The highest BCUT2D eigenvalue weighted by Crippen LogP contribution is 2.37. The average molecular weight is 322 g/mol. The van der Waals surface area contributed by atoms with Crippen molar-refractivity contribution in [3.05, 3.63) is 0 Å². The van der Waals surface area contributed by atoms with Gasteiger partial charge in [0.1, 0.15) is 0 Å². The summed E-state index contributed by atoms with van der Waals surface area (Å²) in [6.45, 7) is 16.2. The fourth-order valence-corrected chi connectivity index (χ4v) is 4.89. The fraction of sp³-hybridized carbons (Fsp3) is 1.00. The molecule has 1 saturated heterocycles. The van der Waals surface area contributed by atoms with E-state index in [-0.39, 0.29) is 0 Å². The van der Waals surface area contributed by atoms with Crippen LogP contribution in [0.1, 0.15) is 92.4 Å². The zero-order valence-electron chi connectivity index (χ0n) is 16.7. The van der Waals surface area contributed by atoms with Crippen LogP contribution in [-0.2, 0) is 0 Å². The number of rotatable bonds is 7. The van der Waals surface area contributed by atoms with Crippen LogP contribution in [0.5, 0.6) is 0 Å². The molecule has 2 unspecified atom stereocenters. The van der Waals surface area contributed by atoms with Crippen molar-refractivity contribution >= 4 is 0 Å². The Bertz CT molecular complexity index is 321. The van der Waals surface area contributed by atoms with Gasteiger partial charge in [0, 0.05) is 13.1 Å². The molecule has 2 aliphatic rings. The fourth-order valence-electron chi connectivity index (χ4n) is 4.89. The molecule has 0 spiro atoms. The molecule has 0 aromatic rings. The van der Waals surface area contributed by atoms with E-state index in [2.05, 4.69) is 39.5 Å². The zero-order chi connectivity index (χ0) is 16.9. The van der Waals surface area contributed by atoms with Crippen LogP contribution < -0.4 is 0 Å². The largest absolute Gasteiger partial charge is 0.303 e. The van der Waals surface area contributed by atoms with Crippen LogP contribution >= 0.6 is 0 Å². The van der Waals surface area contributed by atoms with E-state index >= 15 is 0 Å². The van der Waals surface area contributed by atoms with Gasteiger partial charge in [-0.2, -0.15) is 0 Å². The molecule has 1 aliphatic carbocycles. The zero-order valence-corrected chi connectivity index (χ0v) is 16.7. The first-order chi connectivity index (χ1) is 10.9. The second-order valence-corrected chi connectivity index (χ2v) is 10.2. The molecule has 1 heteroatoms. The van der Waals surface area contributed by atoms with E-state index in [1.54, 1.807) is 0 Å². The predicted molar refractivity (Wildman–Crippen MR) is 103 cm³/mol. The summed E-state index contributed by atoms with van der Waals surface area (Å²) in [5.74, 6) is 3.94. The lowest BCUT2D eigenvalue weighted by atomic mass is 9.74. The van der Waals surface area contributed by atoms with Gasteiger partial charge in [0.25, 0.3) is 0 Å². The first-order valence-electron chi connectivity index (χ1n) is 10.6. The molecule has 0 N–H and O–H groups in total. The second kappa shape index (κ2) is 8.88. The Morgan fingerprint density at radius 2 is 1.61 bits per heavy atom. The van der Waals surface area contributed by atoms with Crippen LogP contribution in [0.4, 0.5) is 0 Å². The Morgan fingerprint density at radius 3 is 2.22 bits per heavy atom. The summed E-state index contributed by atoms with van der Waals surface area (Å²) in [4.78, 5) is 2.80. The van der Waals surface area contributed by atoms with Crippen LogP contribution in [0.25, 0.3) is 0 Å². The SMILES string of the molecule is CCC(C)CCC1CCN(CC2CCC(CC(C)(C)C)CC2)C1. The lowest BCUT2D eigenvalue weighted by Crippen LogP contribution is -2.30. The Labute approximate surface area is 146 Å². The summed E-state index contributed by atoms with van der Waals surface area (Å²) < 4.78 is 0. The molecule has 136 valence electrons. The van der Waals surface area contributed by atoms with Crippen molar-refractivity contribution in [3.8, 4) is 0 Å². The molecule has 2 rings (SSSR count). The normalized spacial score (nSPS) is 31.4. The van der Waals surface area contributed by atoms with E-state index in [4.69, 9.17) is 0 Å². The minimum atomic E-state index is 0.523. The van der Waals surface area contributed by atoms with Crippen molar-refractivity contribution in [2.24, 2.45) is 29.1 Å². The maximum Gasteiger partial charge on any atom is 0.00103 e. The standard InChI is InChI=1S/C22H43N/c1-6-18(2)7-8-21-13-14-23(17-21)16-20-11-9-19(10-12-20)15-22(3,4)5/h18-21H,6-17H2,1-5H3. The Hall–Kier alpha value is -0.0400. The number of hydrogen-bond donors (Lipinski definition) is 0. The van der Waals surface area contributed by atoms with Crippen LogP contribution in [0.2, 0.25) is 0 Å². The molecule has 0 aromatic heterocycles. The van der Waals surface area contributed by atoms with E-state index in [0.29, 0.717) is 5.41 Å². The van der Waals surface area contributed by atoms with Gasteiger partial charge in [0.15, 0.2) is 0 Å². The van der Waals surface area contributed by atoms with Gasteiger partial charge < -0.3 is 4.90 Å². The maximum atomic E-state index is 2.80. The highest BCUT2D eigenvalue weighted by Gasteiger charge is 2.28.